The summed E-state index contributed by atoms with van der Waals surface area (Å²) in [7, 11) is 1.23. The Morgan fingerprint density at radius 3 is 2.61 bits per heavy atom. The third kappa shape index (κ3) is 4.11. The normalized spacial score (nSPS) is 23.3. The van der Waals surface area contributed by atoms with Crippen molar-refractivity contribution in [3.63, 3.8) is 0 Å². The Morgan fingerprint density at radius 2 is 2.11 bits per heavy atom. The molecule has 0 aromatic rings. The van der Waals surface area contributed by atoms with Gasteiger partial charge in [-0.15, -0.1) is 0 Å². The maximum absolute atomic E-state index is 11.1. The van der Waals surface area contributed by atoms with Crippen LogP contribution in [0.5, 0.6) is 0 Å². The lowest BCUT2D eigenvalue weighted by atomic mass is 9.92. The molecule has 1 rings (SSSR count). The molecule has 1 heterocycles. The van der Waals surface area contributed by atoms with Crippen LogP contribution in [0.4, 0.5) is 9.59 Å². The molecule has 2 atom stereocenters. The molecule has 0 aromatic carbocycles. The van der Waals surface area contributed by atoms with Gasteiger partial charge in [-0.2, -0.15) is 0 Å². The SMILES string of the molecule is COC(=O)NC1CC(CC(=O)O)CN(C(N)=O)C1. The number of urea groups is 1. The highest BCUT2D eigenvalue weighted by molar-refractivity contribution is 5.73. The van der Waals surface area contributed by atoms with E-state index in [1.54, 1.807) is 0 Å². The maximum atomic E-state index is 11.1. The summed E-state index contributed by atoms with van der Waals surface area (Å²) in [5.41, 5.74) is 5.18. The van der Waals surface area contributed by atoms with E-state index in [9.17, 15) is 14.4 Å². The predicted molar refractivity (Wildman–Crippen MR) is 60.8 cm³/mol. The molecule has 1 fully saturated rings. The molecule has 0 radical (unpaired) electrons. The lowest BCUT2D eigenvalue weighted by Crippen LogP contribution is -2.54. The second kappa shape index (κ2) is 6.08. The van der Waals surface area contributed by atoms with Crippen LogP contribution < -0.4 is 11.1 Å². The Labute approximate surface area is 104 Å². The number of carbonyl (C=O) groups is 3. The summed E-state index contributed by atoms with van der Waals surface area (Å²) in [5.74, 6) is -1.17. The Morgan fingerprint density at radius 1 is 1.44 bits per heavy atom. The number of likely N-dealkylation sites (tertiary alicyclic amines) is 1. The van der Waals surface area contributed by atoms with Crippen molar-refractivity contribution >= 4 is 18.1 Å². The Kier molecular flexibility index (Phi) is 4.75. The van der Waals surface area contributed by atoms with Crippen molar-refractivity contribution in [2.75, 3.05) is 20.2 Å². The number of rotatable bonds is 3. The number of carbonyl (C=O) groups excluding carboxylic acids is 2. The van der Waals surface area contributed by atoms with Gasteiger partial charge in [0.05, 0.1) is 13.2 Å². The molecule has 4 N–H and O–H groups in total. The van der Waals surface area contributed by atoms with E-state index >= 15 is 0 Å². The van der Waals surface area contributed by atoms with Crippen LogP contribution in [0.1, 0.15) is 12.8 Å². The first kappa shape index (κ1) is 14.1. The molecular weight excluding hydrogens is 242 g/mol. The summed E-state index contributed by atoms with van der Waals surface area (Å²) in [6, 6.07) is -0.968. The highest BCUT2D eigenvalue weighted by atomic mass is 16.5. The number of carboxylic acids is 1. The lowest BCUT2D eigenvalue weighted by molar-refractivity contribution is -0.138. The largest absolute Gasteiger partial charge is 0.481 e. The number of piperidine rings is 1. The molecule has 0 saturated carbocycles. The van der Waals surface area contributed by atoms with Gasteiger partial charge in [0.25, 0.3) is 0 Å². The molecule has 2 unspecified atom stereocenters. The molecule has 3 amide bonds. The zero-order chi connectivity index (χ0) is 13.7. The number of methoxy groups -OCH3 is 1. The second-order valence-electron chi connectivity index (χ2n) is 4.28. The molecule has 1 aliphatic heterocycles. The molecule has 8 nitrogen and oxygen atoms in total. The van der Waals surface area contributed by atoms with Gasteiger partial charge in [0.15, 0.2) is 0 Å². The third-order valence-electron chi connectivity index (χ3n) is 2.82. The van der Waals surface area contributed by atoms with Crippen LogP contribution in [-0.4, -0.2) is 54.3 Å². The minimum absolute atomic E-state index is 0.0663. The first-order valence-electron chi connectivity index (χ1n) is 5.53. The molecule has 0 aromatic heterocycles. The number of hydrogen-bond acceptors (Lipinski definition) is 4. The molecule has 0 bridgehead atoms. The fraction of sp³-hybridized carbons (Fsp3) is 0.700. The van der Waals surface area contributed by atoms with Crippen molar-refractivity contribution in [3.05, 3.63) is 0 Å². The van der Waals surface area contributed by atoms with Crippen LogP contribution in [0.25, 0.3) is 0 Å². The van der Waals surface area contributed by atoms with Crippen molar-refractivity contribution in [3.8, 4) is 0 Å². The van der Waals surface area contributed by atoms with Gasteiger partial charge in [-0.05, 0) is 12.3 Å². The number of nitrogens with two attached hydrogens (primary N) is 1. The first-order chi connectivity index (χ1) is 8.42. The quantitative estimate of drug-likeness (QED) is 0.635. The Bertz CT molecular complexity index is 346. The smallest absolute Gasteiger partial charge is 0.407 e. The molecule has 8 heteroatoms. The van der Waals surface area contributed by atoms with Crippen molar-refractivity contribution in [1.82, 2.24) is 10.2 Å². The van der Waals surface area contributed by atoms with Crippen molar-refractivity contribution in [1.29, 1.82) is 0 Å². The standard InChI is InChI=1S/C10H17N3O5/c1-18-10(17)12-7-2-6(3-8(14)15)4-13(5-7)9(11)16/h6-7H,2-5H2,1H3,(H2,11,16)(H,12,17)(H,14,15). The first-order valence-corrected chi connectivity index (χ1v) is 5.53. The monoisotopic (exact) mass is 259 g/mol. The molecular formula is C10H17N3O5. The van der Waals surface area contributed by atoms with Gasteiger partial charge < -0.3 is 25.8 Å². The van der Waals surface area contributed by atoms with Gasteiger partial charge in [-0.1, -0.05) is 0 Å². The highest BCUT2D eigenvalue weighted by Gasteiger charge is 2.31. The Balaban J connectivity index is 2.64. The number of carboxylic acid groups (broad SMARTS) is 1. The van der Waals surface area contributed by atoms with Crippen LogP contribution in [0.2, 0.25) is 0 Å². The summed E-state index contributed by atoms with van der Waals surface area (Å²) in [4.78, 5) is 34.3. The topological polar surface area (TPSA) is 122 Å². The van der Waals surface area contributed by atoms with Crippen LogP contribution in [0, 0.1) is 5.92 Å². The molecule has 0 spiro atoms. The van der Waals surface area contributed by atoms with Gasteiger partial charge in [-0.25, -0.2) is 9.59 Å². The summed E-state index contributed by atoms with van der Waals surface area (Å²) in [6.45, 7) is 0.557. The third-order valence-corrected chi connectivity index (χ3v) is 2.82. The van der Waals surface area contributed by atoms with Gasteiger partial charge >= 0.3 is 18.1 Å². The molecule has 102 valence electrons. The van der Waals surface area contributed by atoms with E-state index < -0.39 is 18.1 Å². The van der Waals surface area contributed by atoms with Crippen LogP contribution in [-0.2, 0) is 9.53 Å². The number of aliphatic carboxylic acids is 1. The number of nitrogens with zero attached hydrogens (tertiary/aromatic N) is 1. The van der Waals surface area contributed by atoms with E-state index in [1.165, 1.54) is 12.0 Å². The summed E-state index contributed by atoms with van der Waals surface area (Å²) in [6.07, 6.45) is -0.200. The van der Waals surface area contributed by atoms with E-state index in [0.29, 0.717) is 13.0 Å². The van der Waals surface area contributed by atoms with Gasteiger partial charge in [0.1, 0.15) is 0 Å². The summed E-state index contributed by atoms with van der Waals surface area (Å²) < 4.78 is 4.46. The number of ether oxygens (including phenoxy) is 1. The Hall–Kier alpha value is -1.99. The minimum Gasteiger partial charge on any atom is -0.481 e. The zero-order valence-electron chi connectivity index (χ0n) is 10.1. The zero-order valence-corrected chi connectivity index (χ0v) is 10.1. The van der Waals surface area contributed by atoms with E-state index in [4.69, 9.17) is 10.8 Å². The van der Waals surface area contributed by atoms with E-state index in [2.05, 4.69) is 10.1 Å². The maximum Gasteiger partial charge on any atom is 0.407 e. The van der Waals surface area contributed by atoms with E-state index in [-0.39, 0.29) is 24.9 Å². The molecule has 1 saturated heterocycles. The number of alkyl carbamates (subject to hydrolysis) is 1. The highest BCUT2D eigenvalue weighted by Crippen LogP contribution is 2.20. The predicted octanol–water partition coefficient (Wildman–Crippen LogP) is -0.414. The number of nitrogens with one attached hydrogen (secondary N) is 1. The van der Waals surface area contributed by atoms with Crippen LogP contribution in [0.3, 0.4) is 0 Å². The van der Waals surface area contributed by atoms with Gasteiger partial charge in [-0.3, -0.25) is 4.79 Å². The molecule has 0 aliphatic carbocycles. The summed E-state index contributed by atoms with van der Waals surface area (Å²) in [5, 5.41) is 11.3. The van der Waals surface area contributed by atoms with E-state index in [0.717, 1.165) is 0 Å². The van der Waals surface area contributed by atoms with Gasteiger partial charge in [0.2, 0.25) is 0 Å². The lowest BCUT2D eigenvalue weighted by Gasteiger charge is -2.36. The fourth-order valence-electron chi connectivity index (χ4n) is 2.11. The number of hydrogen-bond donors (Lipinski definition) is 3. The fourth-order valence-corrected chi connectivity index (χ4v) is 2.11. The van der Waals surface area contributed by atoms with Crippen molar-refractivity contribution in [2.45, 2.75) is 18.9 Å². The van der Waals surface area contributed by atoms with Crippen molar-refractivity contribution < 1.29 is 24.2 Å². The number of amides is 3. The molecule has 18 heavy (non-hydrogen) atoms. The number of primary amides is 1. The van der Waals surface area contributed by atoms with Crippen molar-refractivity contribution in [2.24, 2.45) is 11.7 Å². The van der Waals surface area contributed by atoms with Gasteiger partial charge in [0, 0.05) is 19.5 Å². The second-order valence-corrected chi connectivity index (χ2v) is 4.28. The van der Waals surface area contributed by atoms with Crippen LogP contribution >= 0.6 is 0 Å². The average Bonchev–Trinajstić information content (AvgIpc) is 2.27. The summed E-state index contributed by atoms with van der Waals surface area (Å²) >= 11 is 0. The van der Waals surface area contributed by atoms with E-state index in [1.807, 2.05) is 0 Å². The molecule has 1 aliphatic rings. The minimum atomic E-state index is -0.942. The van der Waals surface area contributed by atoms with Crippen LogP contribution in [0.15, 0.2) is 0 Å². The average molecular weight is 259 g/mol.